The van der Waals surface area contributed by atoms with Crippen LogP contribution in [-0.4, -0.2) is 26.5 Å². The van der Waals surface area contributed by atoms with Gasteiger partial charge in [0.15, 0.2) is 11.5 Å². The summed E-state index contributed by atoms with van der Waals surface area (Å²) in [6, 6.07) is 9.21. The fraction of sp³-hybridized carbons (Fsp3) is 0.464. The van der Waals surface area contributed by atoms with E-state index < -0.39 is 11.7 Å². The van der Waals surface area contributed by atoms with Crippen molar-refractivity contribution in [3.8, 4) is 11.5 Å². The van der Waals surface area contributed by atoms with Gasteiger partial charge in [0.25, 0.3) is 0 Å². The molecule has 1 heterocycles. The second kappa shape index (κ2) is 16.8. The van der Waals surface area contributed by atoms with E-state index in [4.69, 9.17) is 9.47 Å². The van der Waals surface area contributed by atoms with Gasteiger partial charge in [0.05, 0.1) is 19.8 Å². The predicted octanol–water partition coefficient (Wildman–Crippen LogP) is 8.34. The van der Waals surface area contributed by atoms with Crippen LogP contribution >= 0.6 is 0 Å². The number of ether oxygens (including phenoxy) is 2. The first kappa shape index (κ1) is 31.2. The summed E-state index contributed by atoms with van der Waals surface area (Å²) >= 11 is 0. The third-order valence-corrected chi connectivity index (χ3v) is 4.54. The van der Waals surface area contributed by atoms with Gasteiger partial charge in [0.2, 0.25) is 0 Å². The minimum absolute atomic E-state index is 0.626. The number of aryl methyl sites for hydroxylation is 1. The van der Waals surface area contributed by atoms with Gasteiger partial charge in [-0.3, -0.25) is 4.99 Å². The lowest BCUT2D eigenvalue weighted by Crippen LogP contribution is -2.14. The summed E-state index contributed by atoms with van der Waals surface area (Å²) < 4.78 is 48.7. The van der Waals surface area contributed by atoms with Gasteiger partial charge in [-0.05, 0) is 61.6 Å². The molecule has 0 spiro atoms. The van der Waals surface area contributed by atoms with Gasteiger partial charge < -0.3 is 9.47 Å². The van der Waals surface area contributed by atoms with Crippen LogP contribution in [0.4, 0.5) is 13.2 Å². The van der Waals surface area contributed by atoms with Crippen molar-refractivity contribution in [1.82, 2.24) is 0 Å². The molecular formula is C28H40F3NO2. The lowest BCUT2D eigenvalue weighted by Gasteiger charge is -2.20. The van der Waals surface area contributed by atoms with Crippen LogP contribution in [0.25, 0.3) is 0 Å². The Morgan fingerprint density at radius 2 is 1.47 bits per heavy atom. The van der Waals surface area contributed by atoms with Crippen LogP contribution in [0.5, 0.6) is 11.5 Å². The molecule has 0 radical (unpaired) electrons. The number of hydrogen-bond donors (Lipinski definition) is 0. The van der Waals surface area contributed by atoms with Crippen molar-refractivity contribution in [2.45, 2.75) is 66.5 Å². The number of rotatable bonds is 5. The molecule has 0 bridgehead atoms. The van der Waals surface area contributed by atoms with Crippen molar-refractivity contribution in [2.75, 3.05) is 20.8 Å². The molecular weight excluding hydrogens is 439 g/mol. The van der Waals surface area contributed by atoms with E-state index >= 15 is 0 Å². The van der Waals surface area contributed by atoms with E-state index in [1.807, 2.05) is 32.9 Å². The third kappa shape index (κ3) is 10.0. The zero-order chi connectivity index (χ0) is 26.1. The Kier molecular flexibility index (Phi) is 15.4. The first-order valence-corrected chi connectivity index (χ1v) is 11.8. The smallest absolute Gasteiger partial charge is 0.416 e. The van der Waals surface area contributed by atoms with Gasteiger partial charge in [-0.15, -0.1) is 6.58 Å². The van der Waals surface area contributed by atoms with Crippen molar-refractivity contribution >= 4 is 5.71 Å². The van der Waals surface area contributed by atoms with Crippen LogP contribution in [0.3, 0.4) is 0 Å². The van der Waals surface area contributed by atoms with Crippen molar-refractivity contribution in [3.05, 3.63) is 71.3 Å². The number of benzene rings is 2. The summed E-state index contributed by atoms with van der Waals surface area (Å²) in [6.45, 7) is 14.2. The topological polar surface area (TPSA) is 30.8 Å². The Morgan fingerprint density at radius 1 is 0.971 bits per heavy atom. The highest BCUT2D eigenvalue weighted by Gasteiger charge is 2.29. The van der Waals surface area contributed by atoms with Crippen molar-refractivity contribution < 1.29 is 22.6 Å². The summed E-state index contributed by atoms with van der Waals surface area (Å²) in [4.78, 5) is 4.61. The van der Waals surface area contributed by atoms with Crippen molar-refractivity contribution in [2.24, 2.45) is 4.99 Å². The minimum Gasteiger partial charge on any atom is -0.493 e. The fourth-order valence-corrected chi connectivity index (χ4v) is 3.13. The Morgan fingerprint density at radius 3 is 1.94 bits per heavy atom. The maximum Gasteiger partial charge on any atom is 0.416 e. The average Bonchev–Trinajstić information content (AvgIpc) is 2.83. The number of aliphatic imine (C=N–C) groups is 1. The Bertz CT molecular complexity index is 872. The molecule has 3 nitrogen and oxygen atoms in total. The quantitative estimate of drug-likeness (QED) is 0.404. The summed E-state index contributed by atoms with van der Waals surface area (Å²) in [5.74, 6) is 1.34. The number of halogens is 3. The van der Waals surface area contributed by atoms with Gasteiger partial charge in [0, 0.05) is 17.8 Å². The van der Waals surface area contributed by atoms with E-state index in [2.05, 4.69) is 25.4 Å². The van der Waals surface area contributed by atoms with E-state index in [0.29, 0.717) is 30.9 Å². The molecule has 0 atom stereocenters. The van der Waals surface area contributed by atoms with E-state index in [0.717, 1.165) is 41.0 Å². The van der Waals surface area contributed by atoms with E-state index in [9.17, 15) is 13.2 Å². The third-order valence-electron chi connectivity index (χ3n) is 4.54. The number of hydrogen-bond acceptors (Lipinski definition) is 3. The molecule has 34 heavy (non-hydrogen) atoms. The van der Waals surface area contributed by atoms with E-state index in [-0.39, 0.29) is 0 Å². The summed E-state index contributed by atoms with van der Waals surface area (Å²) in [6.07, 6.45) is 0.818. The maximum atomic E-state index is 12.7. The summed E-state index contributed by atoms with van der Waals surface area (Å²) in [5.41, 5.74) is 3.36. The van der Waals surface area contributed by atoms with Crippen LogP contribution < -0.4 is 9.47 Å². The van der Waals surface area contributed by atoms with Gasteiger partial charge in [-0.1, -0.05) is 52.3 Å². The zero-order valence-electron chi connectivity index (χ0n) is 21.7. The summed E-state index contributed by atoms with van der Waals surface area (Å²) in [5, 5.41) is 0. The molecule has 1 aliphatic heterocycles. The normalized spacial score (nSPS) is 11.6. The van der Waals surface area contributed by atoms with Gasteiger partial charge in [-0.25, -0.2) is 0 Å². The van der Waals surface area contributed by atoms with Crippen molar-refractivity contribution in [3.63, 3.8) is 0 Å². The predicted molar refractivity (Wildman–Crippen MR) is 138 cm³/mol. The molecule has 0 amide bonds. The molecule has 6 heteroatoms. The standard InChI is InChI=1S/C20H20F3NO2.C3H8.C3H6.C2H6/c1-25-18-11-14-9-10-24-17(16(14)12-19(18)26-2)8-5-13-3-6-15(7-4-13)20(21,22)23;2*1-3-2;1-2/h3-4,6-7,11-12H,5,8-10H2,1-2H3;3H2,1-2H3;3H,1H2,2H3;1-2H3. The molecule has 3 rings (SSSR count). The Labute approximate surface area is 203 Å². The van der Waals surface area contributed by atoms with Crippen LogP contribution in [0, 0.1) is 0 Å². The SMILES string of the molecule is C=CC.CC.CCC.COc1cc2c(cc1OC)C(CCc1ccc(C(F)(F)F)cc1)=NCC2. The maximum absolute atomic E-state index is 12.7. The Hall–Kier alpha value is -2.76. The lowest BCUT2D eigenvalue weighted by atomic mass is 9.93. The van der Waals surface area contributed by atoms with E-state index in [1.54, 1.807) is 20.3 Å². The zero-order valence-corrected chi connectivity index (χ0v) is 21.7. The molecule has 0 aliphatic carbocycles. The van der Waals surface area contributed by atoms with Crippen LogP contribution in [0.15, 0.2) is 54.0 Å². The Balaban J connectivity index is 0.00000121. The molecule has 2 aromatic carbocycles. The highest BCUT2D eigenvalue weighted by atomic mass is 19.4. The molecule has 0 aromatic heterocycles. The van der Waals surface area contributed by atoms with Gasteiger partial charge in [0.1, 0.15) is 0 Å². The molecule has 190 valence electrons. The van der Waals surface area contributed by atoms with Crippen LogP contribution in [-0.2, 0) is 19.0 Å². The molecule has 0 unspecified atom stereocenters. The first-order valence-electron chi connectivity index (χ1n) is 11.8. The fourth-order valence-electron chi connectivity index (χ4n) is 3.13. The largest absolute Gasteiger partial charge is 0.493 e. The number of allylic oxidation sites excluding steroid dienone is 1. The molecule has 0 N–H and O–H groups in total. The first-order chi connectivity index (χ1) is 16.2. The molecule has 2 aromatic rings. The molecule has 0 fully saturated rings. The van der Waals surface area contributed by atoms with Gasteiger partial charge >= 0.3 is 6.18 Å². The molecule has 0 saturated heterocycles. The number of nitrogens with zero attached hydrogens (tertiary/aromatic N) is 1. The number of methoxy groups -OCH3 is 2. The summed E-state index contributed by atoms with van der Waals surface area (Å²) in [7, 11) is 3.19. The van der Waals surface area contributed by atoms with Crippen molar-refractivity contribution in [1.29, 1.82) is 0 Å². The molecule has 1 aliphatic rings. The molecule has 0 saturated carbocycles. The highest BCUT2D eigenvalue weighted by Crippen LogP contribution is 2.33. The lowest BCUT2D eigenvalue weighted by molar-refractivity contribution is -0.137. The highest BCUT2D eigenvalue weighted by molar-refractivity contribution is 6.03. The minimum atomic E-state index is -4.31. The van der Waals surface area contributed by atoms with Crippen LogP contribution in [0.2, 0.25) is 0 Å². The number of alkyl halides is 3. The van der Waals surface area contributed by atoms with Gasteiger partial charge in [-0.2, -0.15) is 13.2 Å². The second-order valence-electron chi connectivity index (χ2n) is 7.25. The van der Waals surface area contributed by atoms with Crippen LogP contribution in [0.1, 0.15) is 69.7 Å². The number of fused-ring (bicyclic) bond motifs is 1. The second-order valence-corrected chi connectivity index (χ2v) is 7.25. The van der Waals surface area contributed by atoms with E-state index in [1.165, 1.54) is 18.6 Å². The monoisotopic (exact) mass is 479 g/mol. The average molecular weight is 480 g/mol.